The Hall–Kier alpha value is -2.01. The summed E-state index contributed by atoms with van der Waals surface area (Å²) < 4.78 is 28.4. The zero-order valence-corrected chi connectivity index (χ0v) is 17.7. The van der Waals surface area contributed by atoms with E-state index in [0.717, 1.165) is 36.1 Å². The number of thiophene rings is 1. The number of hydrogen-bond donors (Lipinski definition) is 2. The number of likely N-dealkylation sites (tertiary alicyclic amines) is 1. The maximum atomic E-state index is 12.5. The standard InChI is InChI=1S/C18H20N4O3S3/c1-22-8-6-12(7-9-22)17(23)20-18-19-14-5-4-13(11-15(14)27-18)21-28(24,25)16-3-2-10-26-16/h2-5,10-12,21H,6-9H2,1H3,(H,19,20,23). The molecule has 0 spiro atoms. The largest absolute Gasteiger partial charge is 0.306 e. The Morgan fingerprint density at radius 1 is 1.25 bits per heavy atom. The Morgan fingerprint density at radius 3 is 2.75 bits per heavy atom. The highest BCUT2D eigenvalue weighted by molar-refractivity contribution is 7.94. The van der Waals surface area contributed by atoms with Crippen molar-refractivity contribution in [3.8, 4) is 0 Å². The number of anilines is 2. The quantitative estimate of drug-likeness (QED) is 0.639. The van der Waals surface area contributed by atoms with Gasteiger partial charge in [-0.3, -0.25) is 9.52 Å². The Kier molecular flexibility index (Phi) is 5.37. The summed E-state index contributed by atoms with van der Waals surface area (Å²) in [6.45, 7) is 1.84. The second-order valence-corrected chi connectivity index (χ2v) is 10.7. The molecule has 0 saturated carbocycles. The van der Waals surface area contributed by atoms with Gasteiger partial charge in [0.15, 0.2) is 5.13 Å². The van der Waals surface area contributed by atoms with Gasteiger partial charge in [0.25, 0.3) is 10.0 Å². The average Bonchev–Trinajstić information content (AvgIpc) is 3.31. The summed E-state index contributed by atoms with van der Waals surface area (Å²) >= 11 is 2.51. The molecule has 4 rings (SSSR count). The van der Waals surface area contributed by atoms with E-state index in [9.17, 15) is 13.2 Å². The van der Waals surface area contributed by atoms with E-state index >= 15 is 0 Å². The van der Waals surface area contributed by atoms with Gasteiger partial charge in [-0.1, -0.05) is 17.4 Å². The SMILES string of the molecule is CN1CCC(C(=O)Nc2nc3ccc(NS(=O)(=O)c4cccs4)cc3s2)CC1. The van der Waals surface area contributed by atoms with E-state index in [0.29, 0.717) is 10.8 Å². The minimum absolute atomic E-state index is 0.00535. The Morgan fingerprint density at radius 2 is 2.04 bits per heavy atom. The van der Waals surface area contributed by atoms with Crippen molar-refractivity contribution in [2.45, 2.75) is 17.1 Å². The van der Waals surface area contributed by atoms with E-state index in [-0.39, 0.29) is 16.0 Å². The van der Waals surface area contributed by atoms with Crippen molar-refractivity contribution in [2.75, 3.05) is 30.2 Å². The molecule has 0 radical (unpaired) electrons. The van der Waals surface area contributed by atoms with Crippen molar-refractivity contribution < 1.29 is 13.2 Å². The van der Waals surface area contributed by atoms with Crippen molar-refractivity contribution in [1.29, 1.82) is 0 Å². The third-order valence-corrected chi connectivity index (χ3v) is 8.43. The smallest absolute Gasteiger partial charge is 0.271 e. The molecule has 0 atom stereocenters. The van der Waals surface area contributed by atoms with Crippen LogP contribution < -0.4 is 10.0 Å². The summed E-state index contributed by atoms with van der Waals surface area (Å²) in [5.74, 6) is 0.0159. The molecule has 1 aromatic carbocycles. The molecule has 1 aliphatic rings. The molecule has 0 bridgehead atoms. The number of hydrogen-bond acceptors (Lipinski definition) is 7. The maximum absolute atomic E-state index is 12.5. The fourth-order valence-electron chi connectivity index (χ4n) is 3.14. The first-order valence-electron chi connectivity index (χ1n) is 8.87. The number of carbonyl (C=O) groups excluding carboxylic acids is 1. The van der Waals surface area contributed by atoms with Gasteiger partial charge in [-0.25, -0.2) is 13.4 Å². The average molecular weight is 437 g/mol. The van der Waals surface area contributed by atoms with Crippen molar-refractivity contribution in [3.63, 3.8) is 0 Å². The number of benzene rings is 1. The lowest BCUT2D eigenvalue weighted by Crippen LogP contribution is -2.35. The molecular weight excluding hydrogens is 416 g/mol. The number of nitrogens with zero attached hydrogens (tertiary/aromatic N) is 2. The summed E-state index contributed by atoms with van der Waals surface area (Å²) in [6, 6.07) is 8.43. The molecule has 1 aliphatic heterocycles. The lowest BCUT2D eigenvalue weighted by molar-refractivity contribution is -0.121. The minimum Gasteiger partial charge on any atom is -0.306 e. The van der Waals surface area contributed by atoms with Crippen LogP contribution >= 0.6 is 22.7 Å². The van der Waals surface area contributed by atoms with Gasteiger partial charge in [0, 0.05) is 5.92 Å². The van der Waals surface area contributed by atoms with Crippen LogP contribution in [0.15, 0.2) is 39.9 Å². The zero-order valence-electron chi connectivity index (χ0n) is 15.2. The molecule has 3 aromatic rings. The number of amides is 1. The van der Waals surface area contributed by atoms with Crippen LogP contribution in [-0.4, -0.2) is 44.3 Å². The van der Waals surface area contributed by atoms with Gasteiger partial charge in [0.2, 0.25) is 5.91 Å². The van der Waals surface area contributed by atoms with Crippen molar-refractivity contribution >= 4 is 59.6 Å². The number of sulfonamides is 1. The van der Waals surface area contributed by atoms with E-state index in [4.69, 9.17) is 0 Å². The second kappa shape index (κ2) is 7.78. The molecule has 3 heterocycles. The molecule has 7 nitrogen and oxygen atoms in total. The zero-order chi connectivity index (χ0) is 19.7. The molecule has 28 heavy (non-hydrogen) atoms. The third kappa shape index (κ3) is 4.19. The first-order chi connectivity index (χ1) is 13.4. The fourth-order valence-corrected chi connectivity index (χ4v) is 6.09. The molecule has 0 aliphatic carbocycles. The lowest BCUT2D eigenvalue weighted by atomic mass is 9.96. The number of piperidine rings is 1. The van der Waals surface area contributed by atoms with Crippen LogP contribution in [0.5, 0.6) is 0 Å². The highest BCUT2D eigenvalue weighted by Gasteiger charge is 2.24. The number of thiazole rings is 1. The molecule has 2 aromatic heterocycles. The molecule has 148 valence electrons. The second-order valence-electron chi connectivity index (χ2n) is 6.81. The van der Waals surface area contributed by atoms with E-state index in [1.807, 2.05) is 0 Å². The van der Waals surface area contributed by atoms with E-state index in [1.54, 1.807) is 35.7 Å². The van der Waals surface area contributed by atoms with Crippen molar-refractivity contribution in [3.05, 3.63) is 35.7 Å². The summed E-state index contributed by atoms with van der Waals surface area (Å²) in [5.41, 5.74) is 1.19. The first kappa shape index (κ1) is 19.3. The summed E-state index contributed by atoms with van der Waals surface area (Å²) in [6.07, 6.45) is 1.70. The molecule has 0 unspecified atom stereocenters. The predicted molar refractivity (Wildman–Crippen MR) is 114 cm³/mol. The molecule has 1 saturated heterocycles. The number of aromatic nitrogens is 1. The highest BCUT2D eigenvalue weighted by atomic mass is 32.2. The van der Waals surface area contributed by atoms with Gasteiger partial charge < -0.3 is 10.2 Å². The van der Waals surface area contributed by atoms with Gasteiger partial charge in [-0.2, -0.15) is 0 Å². The van der Waals surface area contributed by atoms with Crippen LogP contribution in [0.4, 0.5) is 10.8 Å². The topological polar surface area (TPSA) is 91.4 Å². The molecular formula is C18H20N4O3S3. The monoisotopic (exact) mass is 436 g/mol. The van der Waals surface area contributed by atoms with Crippen LogP contribution in [0.2, 0.25) is 0 Å². The van der Waals surface area contributed by atoms with Gasteiger partial charge in [0.05, 0.1) is 15.9 Å². The first-order valence-corrected chi connectivity index (χ1v) is 12.0. The minimum atomic E-state index is -3.59. The van der Waals surface area contributed by atoms with Crippen LogP contribution in [0.3, 0.4) is 0 Å². The van der Waals surface area contributed by atoms with Gasteiger partial charge in [0.1, 0.15) is 4.21 Å². The van der Waals surface area contributed by atoms with Crippen molar-refractivity contribution in [1.82, 2.24) is 9.88 Å². The lowest BCUT2D eigenvalue weighted by Gasteiger charge is -2.27. The fraction of sp³-hybridized carbons (Fsp3) is 0.333. The maximum Gasteiger partial charge on any atom is 0.271 e. The van der Waals surface area contributed by atoms with Gasteiger partial charge in [-0.15, -0.1) is 11.3 Å². The van der Waals surface area contributed by atoms with E-state index < -0.39 is 10.0 Å². The van der Waals surface area contributed by atoms with Crippen LogP contribution in [-0.2, 0) is 14.8 Å². The molecule has 10 heteroatoms. The third-order valence-electron chi connectivity index (χ3n) is 4.72. The predicted octanol–water partition coefficient (Wildman–Crippen LogP) is 3.44. The summed E-state index contributed by atoms with van der Waals surface area (Å²) in [4.78, 5) is 19.2. The molecule has 2 N–H and O–H groups in total. The number of carbonyl (C=O) groups is 1. The van der Waals surface area contributed by atoms with Crippen molar-refractivity contribution in [2.24, 2.45) is 5.92 Å². The number of nitrogens with one attached hydrogen (secondary N) is 2. The van der Waals surface area contributed by atoms with E-state index in [2.05, 4.69) is 27.0 Å². The van der Waals surface area contributed by atoms with Crippen LogP contribution in [0.25, 0.3) is 10.2 Å². The normalized spacial score (nSPS) is 16.3. The Bertz CT molecular complexity index is 1080. The Balaban J connectivity index is 1.48. The molecule has 1 amide bonds. The number of fused-ring (bicyclic) bond motifs is 1. The van der Waals surface area contributed by atoms with Crippen LogP contribution in [0, 0.1) is 5.92 Å². The molecule has 1 fully saturated rings. The Labute approximate surface area is 171 Å². The highest BCUT2D eigenvalue weighted by Crippen LogP contribution is 2.30. The van der Waals surface area contributed by atoms with Gasteiger partial charge in [-0.05, 0) is 62.6 Å². The summed E-state index contributed by atoms with van der Waals surface area (Å²) in [7, 11) is -1.53. The number of rotatable bonds is 5. The summed E-state index contributed by atoms with van der Waals surface area (Å²) in [5, 5.41) is 5.18. The van der Waals surface area contributed by atoms with Gasteiger partial charge >= 0.3 is 0 Å². The van der Waals surface area contributed by atoms with E-state index in [1.165, 1.54) is 22.7 Å². The van der Waals surface area contributed by atoms with Crippen LogP contribution in [0.1, 0.15) is 12.8 Å².